The molecular weight excluding hydrogens is 358 g/mol. The van der Waals surface area contributed by atoms with Crippen LogP contribution in [0.2, 0.25) is 0 Å². The standard InChI is InChI=1S/C20H21N5O3/c1-3-25(4-2)14-10-9-13(17(26)11-14)12-21-23-20(28)18-15-7-5-6-8-16(15)19(27)24-22-18/h5-12,26H,3-4H2,1-2H3,(H,23,28)(H,24,27)/b21-12+. The number of amides is 1. The average molecular weight is 379 g/mol. The lowest BCUT2D eigenvalue weighted by molar-refractivity contribution is 0.0951. The van der Waals surface area contributed by atoms with Crippen molar-refractivity contribution in [2.24, 2.45) is 5.10 Å². The molecule has 1 heterocycles. The van der Waals surface area contributed by atoms with Crippen LogP contribution in [0.3, 0.4) is 0 Å². The Morgan fingerprint density at radius 1 is 1.21 bits per heavy atom. The fraction of sp³-hybridized carbons (Fsp3) is 0.200. The number of H-pyrrole nitrogens is 1. The normalized spacial score (nSPS) is 11.1. The van der Waals surface area contributed by atoms with Crippen molar-refractivity contribution in [3.8, 4) is 5.75 Å². The van der Waals surface area contributed by atoms with E-state index in [9.17, 15) is 14.7 Å². The third-order valence-corrected chi connectivity index (χ3v) is 4.42. The molecule has 3 N–H and O–H groups in total. The highest BCUT2D eigenvalue weighted by Gasteiger charge is 2.13. The summed E-state index contributed by atoms with van der Waals surface area (Å²) in [5, 5.41) is 21.0. The molecule has 0 aliphatic rings. The van der Waals surface area contributed by atoms with Crippen LogP contribution in [0.5, 0.6) is 5.75 Å². The molecule has 1 aromatic heterocycles. The van der Waals surface area contributed by atoms with E-state index >= 15 is 0 Å². The summed E-state index contributed by atoms with van der Waals surface area (Å²) in [6, 6.07) is 12.0. The van der Waals surface area contributed by atoms with E-state index in [0.717, 1.165) is 18.8 Å². The number of phenols is 1. The average Bonchev–Trinajstić information content (AvgIpc) is 2.71. The SMILES string of the molecule is CCN(CC)c1ccc(/C=N/NC(=O)c2n[nH]c(=O)c3ccccc23)c(O)c1. The van der Waals surface area contributed by atoms with Crippen molar-refractivity contribution in [2.75, 3.05) is 18.0 Å². The number of anilines is 1. The van der Waals surface area contributed by atoms with Crippen molar-refractivity contribution in [2.45, 2.75) is 13.8 Å². The highest BCUT2D eigenvalue weighted by Crippen LogP contribution is 2.23. The monoisotopic (exact) mass is 379 g/mol. The van der Waals surface area contributed by atoms with E-state index in [0.29, 0.717) is 16.3 Å². The predicted octanol–water partition coefficient (Wildman–Crippen LogP) is 2.24. The third-order valence-electron chi connectivity index (χ3n) is 4.42. The van der Waals surface area contributed by atoms with Gasteiger partial charge in [-0.25, -0.2) is 10.5 Å². The Kier molecular flexibility index (Phi) is 5.69. The fourth-order valence-corrected chi connectivity index (χ4v) is 2.93. The largest absolute Gasteiger partial charge is 0.507 e. The van der Waals surface area contributed by atoms with Crippen molar-refractivity contribution >= 4 is 28.6 Å². The Morgan fingerprint density at radius 2 is 1.93 bits per heavy atom. The molecule has 8 nitrogen and oxygen atoms in total. The highest BCUT2D eigenvalue weighted by atomic mass is 16.3. The zero-order valence-electron chi connectivity index (χ0n) is 15.6. The molecule has 1 amide bonds. The zero-order valence-corrected chi connectivity index (χ0v) is 15.6. The maximum absolute atomic E-state index is 12.4. The first-order valence-electron chi connectivity index (χ1n) is 8.94. The fourth-order valence-electron chi connectivity index (χ4n) is 2.93. The molecule has 0 radical (unpaired) electrons. The van der Waals surface area contributed by atoms with E-state index in [2.05, 4.69) is 25.6 Å². The number of nitrogens with one attached hydrogen (secondary N) is 2. The lowest BCUT2D eigenvalue weighted by Gasteiger charge is -2.21. The van der Waals surface area contributed by atoms with Crippen LogP contribution in [0.15, 0.2) is 52.4 Å². The smallest absolute Gasteiger partial charge is 0.292 e. The van der Waals surface area contributed by atoms with E-state index in [1.807, 2.05) is 19.9 Å². The highest BCUT2D eigenvalue weighted by molar-refractivity contribution is 6.04. The Balaban J connectivity index is 1.78. The Bertz CT molecular complexity index is 1090. The van der Waals surface area contributed by atoms with Gasteiger partial charge in [-0.2, -0.15) is 10.2 Å². The van der Waals surface area contributed by atoms with E-state index in [-0.39, 0.29) is 17.0 Å². The number of hydrazone groups is 1. The minimum atomic E-state index is -0.567. The number of carbonyl (C=O) groups is 1. The number of hydrogen-bond acceptors (Lipinski definition) is 6. The van der Waals surface area contributed by atoms with Gasteiger partial charge in [0.1, 0.15) is 5.75 Å². The molecule has 2 aromatic carbocycles. The second-order valence-corrected chi connectivity index (χ2v) is 6.06. The molecule has 0 saturated carbocycles. The molecule has 0 saturated heterocycles. The number of aromatic nitrogens is 2. The van der Waals surface area contributed by atoms with Crippen molar-refractivity contribution in [3.05, 3.63) is 64.1 Å². The van der Waals surface area contributed by atoms with Gasteiger partial charge in [0.15, 0.2) is 5.69 Å². The van der Waals surface area contributed by atoms with Crippen molar-refractivity contribution < 1.29 is 9.90 Å². The van der Waals surface area contributed by atoms with Crippen LogP contribution in [0.4, 0.5) is 5.69 Å². The second kappa shape index (κ2) is 8.34. The first-order chi connectivity index (χ1) is 13.5. The first kappa shape index (κ1) is 19.1. The van der Waals surface area contributed by atoms with Crippen LogP contribution >= 0.6 is 0 Å². The quantitative estimate of drug-likeness (QED) is 0.449. The molecule has 8 heteroatoms. The number of nitrogens with zero attached hydrogens (tertiary/aromatic N) is 3. The van der Waals surface area contributed by atoms with E-state index in [1.165, 1.54) is 6.21 Å². The summed E-state index contributed by atoms with van der Waals surface area (Å²) in [4.78, 5) is 26.3. The molecule has 0 fully saturated rings. The van der Waals surface area contributed by atoms with E-state index in [1.54, 1.807) is 36.4 Å². The number of hydrogen-bond donors (Lipinski definition) is 3. The number of rotatable bonds is 6. The molecule has 0 aliphatic heterocycles. The number of fused-ring (bicyclic) bond motifs is 1. The van der Waals surface area contributed by atoms with Crippen molar-refractivity contribution in [1.82, 2.24) is 15.6 Å². The van der Waals surface area contributed by atoms with Crippen LogP contribution in [0.1, 0.15) is 29.9 Å². The summed E-state index contributed by atoms with van der Waals surface area (Å²) in [5.41, 5.74) is 3.44. The lowest BCUT2D eigenvalue weighted by atomic mass is 10.1. The summed E-state index contributed by atoms with van der Waals surface area (Å²) < 4.78 is 0. The zero-order chi connectivity index (χ0) is 20.1. The Hall–Kier alpha value is -3.68. The molecular formula is C20H21N5O3. The van der Waals surface area contributed by atoms with E-state index < -0.39 is 5.91 Å². The molecule has 0 bridgehead atoms. The van der Waals surface area contributed by atoms with Gasteiger partial charge in [-0.05, 0) is 32.0 Å². The number of aromatic amines is 1. The molecule has 144 valence electrons. The van der Waals surface area contributed by atoms with Gasteiger partial charge >= 0.3 is 0 Å². The molecule has 0 atom stereocenters. The summed E-state index contributed by atoms with van der Waals surface area (Å²) >= 11 is 0. The summed E-state index contributed by atoms with van der Waals surface area (Å²) in [6.07, 6.45) is 1.35. The van der Waals surface area contributed by atoms with E-state index in [4.69, 9.17) is 0 Å². The van der Waals surface area contributed by atoms with Gasteiger partial charge in [0.05, 0.1) is 11.6 Å². The van der Waals surface area contributed by atoms with Gasteiger partial charge in [-0.3, -0.25) is 9.59 Å². The maximum Gasteiger partial charge on any atom is 0.292 e. The lowest BCUT2D eigenvalue weighted by Crippen LogP contribution is -2.22. The number of phenolic OH excluding ortho intramolecular Hbond substituents is 1. The van der Waals surface area contributed by atoms with Gasteiger partial charge in [-0.1, -0.05) is 18.2 Å². The van der Waals surface area contributed by atoms with Crippen LogP contribution in [-0.2, 0) is 0 Å². The molecule has 0 aliphatic carbocycles. The third kappa shape index (κ3) is 3.85. The van der Waals surface area contributed by atoms with Crippen molar-refractivity contribution in [1.29, 1.82) is 0 Å². The summed E-state index contributed by atoms with van der Waals surface area (Å²) in [7, 11) is 0. The summed E-state index contributed by atoms with van der Waals surface area (Å²) in [5.74, 6) is -0.502. The van der Waals surface area contributed by atoms with Crippen molar-refractivity contribution in [3.63, 3.8) is 0 Å². The molecule has 3 rings (SSSR count). The first-order valence-corrected chi connectivity index (χ1v) is 8.94. The minimum absolute atomic E-state index is 0.0634. The molecule has 0 unspecified atom stereocenters. The van der Waals surface area contributed by atoms with Gasteiger partial charge < -0.3 is 10.0 Å². The van der Waals surface area contributed by atoms with Crippen LogP contribution < -0.4 is 15.9 Å². The topological polar surface area (TPSA) is 111 Å². The van der Waals surface area contributed by atoms with Crippen LogP contribution in [0.25, 0.3) is 10.8 Å². The maximum atomic E-state index is 12.4. The Labute approximate surface area is 161 Å². The number of aromatic hydroxyl groups is 1. The second-order valence-electron chi connectivity index (χ2n) is 6.06. The van der Waals surface area contributed by atoms with Gasteiger partial charge in [0.2, 0.25) is 0 Å². The number of benzene rings is 2. The Morgan fingerprint density at radius 3 is 2.61 bits per heavy atom. The van der Waals surface area contributed by atoms with Gasteiger partial charge in [0, 0.05) is 35.8 Å². The molecule has 28 heavy (non-hydrogen) atoms. The van der Waals surface area contributed by atoms with Gasteiger partial charge in [0.25, 0.3) is 11.5 Å². The van der Waals surface area contributed by atoms with Gasteiger partial charge in [-0.15, -0.1) is 0 Å². The minimum Gasteiger partial charge on any atom is -0.507 e. The van der Waals surface area contributed by atoms with Crippen LogP contribution in [-0.4, -0.2) is 40.5 Å². The van der Waals surface area contributed by atoms with Crippen LogP contribution in [0, 0.1) is 0 Å². The predicted molar refractivity (Wildman–Crippen MR) is 109 cm³/mol. The summed E-state index contributed by atoms with van der Waals surface area (Å²) in [6.45, 7) is 5.75. The molecule has 0 spiro atoms. The molecule has 3 aromatic rings. The number of carbonyl (C=O) groups excluding carboxylic acids is 1.